The van der Waals surface area contributed by atoms with Crippen molar-refractivity contribution in [3.8, 4) is 23.0 Å². The Morgan fingerprint density at radius 2 is 1.04 bits per heavy atom. The van der Waals surface area contributed by atoms with Crippen molar-refractivity contribution in [2.24, 2.45) is 5.92 Å². The third kappa shape index (κ3) is 27.2. The van der Waals surface area contributed by atoms with Gasteiger partial charge in [0.2, 0.25) is 0 Å². The zero-order valence-electron chi connectivity index (χ0n) is 46.0. The van der Waals surface area contributed by atoms with Gasteiger partial charge >= 0.3 is 0 Å². The standard InChI is InChI=1S/4C13H20O2.C9H18O3/c1-3-11(2)10-12-6-4-5-7-13(12)15-9-8-14;1-3-6-11(2)12-7-4-5-8-13(12)15-10-9-14;1-3-4-7-12-8-5-6-9-13(12)15-10-11(2)14;1-3-4-7-12-8-5-6-9-13(12)15-11(2)10-14;1-3-5-7-9(11)8(10)6(4-2)12-7/h4-7,11,14H,3,8-10H2,1-2H3;4-5,7-8,11,14H,3,6,9-10H2,1-2H3;2*5-6,8-9,11,14H,3-4,7,10H2,1-2H3;6-11H,3-5H2,1-2H3/t;;;;6-,7+,8-,9+/m....1/s1. The van der Waals surface area contributed by atoms with E-state index >= 15 is 0 Å². The molecule has 1 fully saturated rings. The average Bonchev–Trinajstić information content (AvgIpc) is 3.67. The number of ether oxygens (including phenoxy) is 5. The van der Waals surface area contributed by atoms with Gasteiger partial charge in [-0.25, -0.2) is 0 Å². The molecule has 8 atom stereocenters. The van der Waals surface area contributed by atoms with Crippen LogP contribution in [0, 0.1) is 5.92 Å². The van der Waals surface area contributed by atoms with Crippen molar-refractivity contribution >= 4 is 0 Å². The molecule has 0 radical (unpaired) electrons. The summed E-state index contributed by atoms with van der Waals surface area (Å²) in [6, 6.07) is 32.2. The molecule has 11 nitrogen and oxygen atoms in total. The molecule has 0 aliphatic carbocycles. The van der Waals surface area contributed by atoms with Crippen molar-refractivity contribution in [3.63, 3.8) is 0 Å². The number of hydrogen-bond donors (Lipinski definition) is 6. The van der Waals surface area contributed by atoms with Crippen LogP contribution in [0.1, 0.15) is 162 Å². The summed E-state index contributed by atoms with van der Waals surface area (Å²) in [6.07, 6.45) is 11.7. The first-order valence-electron chi connectivity index (χ1n) is 27.2. The van der Waals surface area contributed by atoms with Crippen molar-refractivity contribution < 1.29 is 54.3 Å². The van der Waals surface area contributed by atoms with E-state index in [9.17, 15) is 10.2 Å². The van der Waals surface area contributed by atoms with Crippen LogP contribution < -0.4 is 18.9 Å². The largest absolute Gasteiger partial charge is 0.491 e. The quantitative estimate of drug-likeness (QED) is 0.0336. The maximum Gasteiger partial charge on any atom is 0.123 e. The summed E-state index contributed by atoms with van der Waals surface area (Å²) in [5.74, 6) is 4.83. The monoisotopic (exact) mass is 1010 g/mol. The zero-order valence-corrected chi connectivity index (χ0v) is 46.0. The topological polar surface area (TPSA) is 168 Å². The van der Waals surface area contributed by atoms with Crippen LogP contribution in [0.3, 0.4) is 0 Å². The molecule has 1 aliphatic rings. The molecule has 1 aliphatic heterocycles. The van der Waals surface area contributed by atoms with E-state index in [0.29, 0.717) is 31.7 Å². The molecule has 11 heteroatoms. The van der Waals surface area contributed by atoms with E-state index in [1.165, 1.54) is 67.2 Å². The van der Waals surface area contributed by atoms with Gasteiger partial charge in [0.05, 0.1) is 38.1 Å². The summed E-state index contributed by atoms with van der Waals surface area (Å²) in [7, 11) is 0. The predicted octanol–water partition coefficient (Wildman–Crippen LogP) is 11.9. The Morgan fingerprint density at radius 1 is 0.556 bits per heavy atom. The van der Waals surface area contributed by atoms with Gasteiger partial charge in [0.1, 0.15) is 61.1 Å². The molecule has 0 spiro atoms. The Bertz CT molecular complexity index is 1830. The first-order chi connectivity index (χ1) is 34.8. The molecular formula is C61H98O11. The van der Waals surface area contributed by atoms with Crippen LogP contribution in [0.25, 0.3) is 0 Å². The Balaban J connectivity index is 0.000000451. The van der Waals surface area contributed by atoms with Gasteiger partial charge in [-0.05, 0) is 124 Å². The normalized spacial score (nSPS) is 17.4. The fourth-order valence-corrected chi connectivity index (χ4v) is 7.81. The summed E-state index contributed by atoms with van der Waals surface area (Å²) in [5.41, 5.74) is 4.95. The van der Waals surface area contributed by atoms with Crippen LogP contribution in [0.4, 0.5) is 0 Å². The highest BCUT2D eigenvalue weighted by Gasteiger charge is 2.40. The molecule has 0 amide bonds. The minimum Gasteiger partial charge on any atom is -0.491 e. The summed E-state index contributed by atoms with van der Waals surface area (Å²) >= 11 is 0. The van der Waals surface area contributed by atoms with Gasteiger partial charge in [-0.2, -0.15) is 0 Å². The van der Waals surface area contributed by atoms with Crippen molar-refractivity contribution in [2.75, 3.05) is 39.6 Å². The fourth-order valence-electron chi connectivity index (χ4n) is 7.81. The number of aliphatic hydroxyl groups is 6. The highest BCUT2D eigenvalue weighted by molar-refractivity contribution is 5.37. The number of benzene rings is 4. The first-order valence-corrected chi connectivity index (χ1v) is 27.2. The lowest BCUT2D eigenvalue weighted by Gasteiger charge is -2.15. The lowest BCUT2D eigenvalue weighted by molar-refractivity contribution is 0.00249. The van der Waals surface area contributed by atoms with Crippen LogP contribution in [0.15, 0.2) is 97.1 Å². The molecule has 72 heavy (non-hydrogen) atoms. The summed E-state index contributed by atoms with van der Waals surface area (Å²) in [4.78, 5) is 0. The maximum atomic E-state index is 9.52. The molecule has 0 bridgehead atoms. The minimum atomic E-state index is -0.688. The molecule has 4 aromatic rings. The Labute approximate surface area is 435 Å². The first kappa shape index (κ1) is 65.8. The molecule has 408 valence electrons. The van der Waals surface area contributed by atoms with E-state index in [2.05, 4.69) is 65.8 Å². The van der Waals surface area contributed by atoms with Crippen LogP contribution in [0.5, 0.6) is 23.0 Å². The Morgan fingerprint density at radius 3 is 1.53 bits per heavy atom. The second kappa shape index (κ2) is 41.2. The minimum absolute atomic E-state index is 0.0577. The number of aryl methyl sites for hydroxylation is 2. The van der Waals surface area contributed by atoms with Gasteiger partial charge in [0, 0.05) is 0 Å². The third-order valence-electron chi connectivity index (χ3n) is 12.2. The summed E-state index contributed by atoms with van der Waals surface area (Å²) in [6.45, 7) is 22.1. The SMILES string of the molecule is CCC(C)Cc1ccccc1OCCO.CCCC(C)c1ccccc1OCCO.CCCCc1ccccc1OC(C)CO.CCCCc1ccccc1OCC(C)O.CCC[C@@H]1O[C@H](CC)[C@@H](O)[C@H]1O. The molecule has 0 aromatic heterocycles. The van der Waals surface area contributed by atoms with Crippen molar-refractivity contribution in [1.82, 2.24) is 0 Å². The van der Waals surface area contributed by atoms with Crippen molar-refractivity contribution in [3.05, 3.63) is 119 Å². The summed E-state index contributed by atoms with van der Waals surface area (Å²) < 4.78 is 27.6. The lowest BCUT2D eigenvalue weighted by Crippen LogP contribution is -2.32. The molecule has 4 unspecified atom stereocenters. The van der Waals surface area contributed by atoms with Crippen LogP contribution in [-0.4, -0.2) is 107 Å². The highest BCUT2D eigenvalue weighted by Crippen LogP contribution is 2.30. The van der Waals surface area contributed by atoms with E-state index < -0.39 is 18.3 Å². The van der Waals surface area contributed by atoms with E-state index in [4.69, 9.17) is 44.1 Å². The molecule has 0 saturated carbocycles. The number of rotatable bonds is 27. The van der Waals surface area contributed by atoms with Crippen LogP contribution >= 0.6 is 0 Å². The number of hydrogen-bond acceptors (Lipinski definition) is 11. The second-order valence-corrected chi connectivity index (χ2v) is 18.8. The Hall–Kier alpha value is -4.20. The summed E-state index contributed by atoms with van der Waals surface area (Å²) in [5, 5.41) is 54.5. The van der Waals surface area contributed by atoms with Gasteiger partial charge in [-0.15, -0.1) is 0 Å². The smallest absolute Gasteiger partial charge is 0.123 e. The lowest BCUT2D eigenvalue weighted by atomic mass is 9.96. The van der Waals surface area contributed by atoms with E-state index in [1.54, 1.807) is 6.92 Å². The maximum absolute atomic E-state index is 9.52. The predicted molar refractivity (Wildman–Crippen MR) is 295 cm³/mol. The van der Waals surface area contributed by atoms with Crippen LogP contribution in [-0.2, 0) is 24.0 Å². The molecule has 1 saturated heterocycles. The van der Waals surface area contributed by atoms with Crippen molar-refractivity contribution in [1.29, 1.82) is 0 Å². The van der Waals surface area contributed by atoms with E-state index in [0.717, 1.165) is 61.5 Å². The van der Waals surface area contributed by atoms with Crippen LogP contribution in [0.2, 0.25) is 0 Å². The zero-order chi connectivity index (χ0) is 53.5. The van der Waals surface area contributed by atoms with Gasteiger partial charge < -0.3 is 54.3 Å². The Kier molecular flexibility index (Phi) is 37.6. The average molecular weight is 1010 g/mol. The van der Waals surface area contributed by atoms with Crippen molar-refractivity contribution in [2.45, 2.75) is 195 Å². The van der Waals surface area contributed by atoms with Gasteiger partial charge in [-0.1, -0.05) is 160 Å². The van der Waals surface area contributed by atoms with E-state index in [-0.39, 0.29) is 38.1 Å². The molecule has 1 heterocycles. The molecule has 5 rings (SSSR count). The molecule has 4 aromatic carbocycles. The highest BCUT2D eigenvalue weighted by atomic mass is 16.5. The molecule has 6 N–H and O–H groups in total. The number of para-hydroxylation sites is 4. The fraction of sp³-hybridized carbons (Fsp3) is 0.607. The second-order valence-electron chi connectivity index (χ2n) is 18.8. The van der Waals surface area contributed by atoms with Gasteiger partial charge in [0.15, 0.2) is 0 Å². The number of aliphatic hydroxyl groups excluding tert-OH is 6. The number of unbranched alkanes of at least 4 members (excludes halogenated alkanes) is 2. The van der Waals surface area contributed by atoms with Gasteiger partial charge in [-0.3, -0.25) is 0 Å². The molecular weight excluding hydrogens is 909 g/mol. The third-order valence-corrected chi connectivity index (χ3v) is 12.2. The van der Waals surface area contributed by atoms with Gasteiger partial charge in [0.25, 0.3) is 0 Å². The van der Waals surface area contributed by atoms with E-state index in [1.807, 2.05) is 93.6 Å².